The maximum Gasteiger partial charge on any atom is 0.154 e. The fourth-order valence-electron chi connectivity index (χ4n) is 1.59. The highest BCUT2D eigenvalue weighted by Gasteiger charge is 1.99. The van der Waals surface area contributed by atoms with Crippen molar-refractivity contribution in [2.75, 3.05) is 12.4 Å². The van der Waals surface area contributed by atoms with Crippen LogP contribution in [0.15, 0.2) is 0 Å². The molecule has 0 aliphatic heterocycles. The van der Waals surface area contributed by atoms with E-state index in [0.29, 0.717) is 0 Å². The fourth-order valence-corrected chi connectivity index (χ4v) is 1.99. The van der Waals surface area contributed by atoms with Gasteiger partial charge in [0.15, 0.2) is 6.29 Å². The van der Waals surface area contributed by atoms with Gasteiger partial charge in [-0.15, -0.1) is 0 Å². The van der Waals surface area contributed by atoms with E-state index in [1.165, 1.54) is 44.9 Å². The lowest BCUT2D eigenvalue weighted by atomic mass is 10.1. The third kappa shape index (κ3) is 12.3. The summed E-state index contributed by atoms with van der Waals surface area (Å²) in [5.41, 5.74) is 0. The molecular weight excluding hydrogens is 256 g/mol. The zero-order valence-corrected chi connectivity index (χ0v) is 11.5. The van der Waals surface area contributed by atoms with Gasteiger partial charge < -0.3 is 9.84 Å². The van der Waals surface area contributed by atoms with E-state index in [1.54, 1.807) is 7.11 Å². The Morgan fingerprint density at radius 2 is 1.40 bits per heavy atom. The quantitative estimate of drug-likeness (QED) is 0.354. The predicted octanol–water partition coefficient (Wildman–Crippen LogP) is 3.86. The second-order valence-electron chi connectivity index (χ2n) is 4.00. The van der Waals surface area contributed by atoms with E-state index in [0.717, 1.165) is 18.2 Å². The molecule has 0 aromatic heterocycles. The number of unbranched alkanes of at least 4 members (excludes halogenated alkanes) is 7. The summed E-state index contributed by atoms with van der Waals surface area (Å²) in [4.78, 5) is 0. The average molecular weight is 281 g/mol. The van der Waals surface area contributed by atoms with Gasteiger partial charge in [0.05, 0.1) is 0 Å². The minimum absolute atomic E-state index is 0.552. The maximum atomic E-state index is 9.13. The van der Waals surface area contributed by atoms with E-state index in [2.05, 4.69) is 15.9 Å². The number of ether oxygens (including phenoxy) is 1. The first-order chi connectivity index (χ1) is 7.31. The summed E-state index contributed by atoms with van der Waals surface area (Å²) in [5.74, 6) is 0. The smallest absolute Gasteiger partial charge is 0.154 e. The van der Waals surface area contributed by atoms with Gasteiger partial charge in [-0.05, 0) is 19.3 Å². The standard InChI is InChI=1S/C12H25BrO2/c1-15-12(14)10-8-6-4-2-3-5-7-9-11-13/h12,14H,2-11H2,1H3. The molecule has 15 heavy (non-hydrogen) atoms. The number of methoxy groups -OCH3 is 1. The molecule has 1 N–H and O–H groups in total. The summed E-state index contributed by atoms with van der Waals surface area (Å²) < 4.78 is 4.77. The van der Waals surface area contributed by atoms with Crippen LogP contribution in [0.4, 0.5) is 0 Å². The van der Waals surface area contributed by atoms with Crippen molar-refractivity contribution in [2.24, 2.45) is 0 Å². The van der Waals surface area contributed by atoms with Crippen molar-refractivity contribution >= 4 is 15.9 Å². The SMILES string of the molecule is COC(O)CCCCCCCCCCBr. The van der Waals surface area contributed by atoms with Gasteiger partial charge in [0.1, 0.15) is 0 Å². The van der Waals surface area contributed by atoms with Gasteiger partial charge in [0.25, 0.3) is 0 Å². The Morgan fingerprint density at radius 3 is 1.87 bits per heavy atom. The molecule has 0 heterocycles. The number of hydrogen-bond acceptors (Lipinski definition) is 2. The van der Waals surface area contributed by atoms with Gasteiger partial charge >= 0.3 is 0 Å². The van der Waals surface area contributed by atoms with Crippen LogP contribution in [-0.4, -0.2) is 23.8 Å². The molecule has 1 atom stereocenters. The van der Waals surface area contributed by atoms with Crippen molar-refractivity contribution in [1.29, 1.82) is 0 Å². The van der Waals surface area contributed by atoms with Gasteiger partial charge in [0, 0.05) is 12.4 Å². The molecule has 0 saturated carbocycles. The fraction of sp³-hybridized carbons (Fsp3) is 1.00. The van der Waals surface area contributed by atoms with Gasteiger partial charge in [0.2, 0.25) is 0 Å². The summed E-state index contributed by atoms with van der Waals surface area (Å²) in [7, 11) is 1.55. The largest absolute Gasteiger partial charge is 0.368 e. The highest BCUT2D eigenvalue weighted by Crippen LogP contribution is 2.11. The van der Waals surface area contributed by atoms with Crippen molar-refractivity contribution in [3.8, 4) is 0 Å². The summed E-state index contributed by atoms with van der Waals surface area (Å²) in [6, 6.07) is 0. The van der Waals surface area contributed by atoms with Crippen molar-refractivity contribution in [3.63, 3.8) is 0 Å². The van der Waals surface area contributed by atoms with Crippen LogP contribution < -0.4 is 0 Å². The molecule has 1 unspecified atom stereocenters. The molecule has 0 aliphatic carbocycles. The second-order valence-corrected chi connectivity index (χ2v) is 4.79. The zero-order chi connectivity index (χ0) is 11.4. The Hall–Kier alpha value is 0.400. The Kier molecular flexibility index (Phi) is 12.8. The molecule has 0 rings (SSSR count). The molecule has 92 valence electrons. The summed E-state index contributed by atoms with van der Waals surface area (Å²) in [6.07, 6.45) is 10.6. The van der Waals surface area contributed by atoms with Crippen LogP contribution in [0, 0.1) is 0 Å². The van der Waals surface area contributed by atoms with Crippen LogP contribution in [0.5, 0.6) is 0 Å². The molecule has 0 aromatic carbocycles. The lowest BCUT2D eigenvalue weighted by Crippen LogP contribution is -2.07. The van der Waals surface area contributed by atoms with Crippen LogP contribution in [0.2, 0.25) is 0 Å². The lowest BCUT2D eigenvalue weighted by Gasteiger charge is -2.07. The first-order valence-electron chi connectivity index (χ1n) is 6.08. The van der Waals surface area contributed by atoms with Gasteiger partial charge in [-0.3, -0.25) is 0 Å². The minimum Gasteiger partial charge on any atom is -0.368 e. The van der Waals surface area contributed by atoms with Crippen LogP contribution in [0.3, 0.4) is 0 Å². The van der Waals surface area contributed by atoms with Crippen LogP contribution in [-0.2, 0) is 4.74 Å². The zero-order valence-electron chi connectivity index (χ0n) is 9.88. The summed E-state index contributed by atoms with van der Waals surface area (Å²) in [6.45, 7) is 0. The molecule has 0 fully saturated rings. The number of aliphatic hydroxyl groups excluding tert-OH is 1. The van der Waals surface area contributed by atoms with E-state index in [4.69, 9.17) is 9.84 Å². The number of aliphatic hydroxyl groups is 1. The summed E-state index contributed by atoms with van der Waals surface area (Å²) in [5, 5.41) is 10.3. The first kappa shape index (κ1) is 15.4. The maximum absolute atomic E-state index is 9.13. The molecule has 0 bridgehead atoms. The minimum atomic E-state index is -0.552. The Morgan fingerprint density at radius 1 is 0.933 bits per heavy atom. The van der Waals surface area contributed by atoms with Gasteiger partial charge in [-0.25, -0.2) is 0 Å². The first-order valence-corrected chi connectivity index (χ1v) is 7.20. The summed E-state index contributed by atoms with van der Waals surface area (Å²) >= 11 is 3.44. The number of hydrogen-bond donors (Lipinski definition) is 1. The molecule has 0 spiro atoms. The number of alkyl halides is 1. The van der Waals surface area contributed by atoms with Crippen molar-refractivity contribution in [1.82, 2.24) is 0 Å². The van der Waals surface area contributed by atoms with Gasteiger partial charge in [-0.1, -0.05) is 54.5 Å². The highest BCUT2D eigenvalue weighted by molar-refractivity contribution is 9.09. The van der Waals surface area contributed by atoms with Crippen LogP contribution in [0.25, 0.3) is 0 Å². The molecule has 2 nitrogen and oxygen atoms in total. The van der Waals surface area contributed by atoms with E-state index in [-0.39, 0.29) is 0 Å². The highest BCUT2D eigenvalue weighted by atomic mass is 79.9. The van der Waals surface area contributed by atoms with E-state index in [1.807, 2.05) is 0 Å². The van der Waals surface area contributed by atoms with E-state index < -0.39 is 6.29 Å². The Balaban J connectivity index is 2.92. The molecule has 0 amide bonds. The van der Waals surface area contributed by atoms with Crippen molar-refractivity contribution < 1.29 is 9.84 Å². The van der Waals surface area contributed by atoms with E-state index in [9.17, 15) is 0 Å². The van der Waals surface area contributed by atoms with Crippen LogP contribution in [0.1, 0.15) is 57.8 Å². The third-order valence-electron chi connectivity index (χ3n) is 2.61. The number of halogens is 1. The Bertz CT molecular complexity index is 120. The van der Waals surface area contributed by atoms with E-state index >= 15 is 0 Å². The van der Waals surface area contributed by atoms with Crippen LogP contribution >= 0.6 is 15.9 Å². The monoisotopic (exact) mass is 280 g/mol. The predicted molar refractivity (Wildman–Crippen MR) is 68.4 cm³/mol. The van der Waals surface area contributed by atoms with Crippen molar-refractivity contribution in [2.45, 2.75) is 64.1 Å². The van der Waals surface area contributed by atoms with Gasteiger partial charge in [-0.2, -0.15) is 0 Å². The molecule has 0 radical (unpaired) electrons. The molecule has 0 aliphatic rings. The van der Waals surface area contributed by atoms with Crippen molar-refractivity contribution in [3.05, 3.63) is 0 Å². The second kappa shape index (κ2) is 12.5. The normalized spacial score (nSPS) is 13.0. The average Bonchev–Trinajstić information content (AvgIpc) is 2.26. The lowest BCUT2D eigenvalue weighted by molar-refractivity contribution is -0.0793. The Labute approximate surface area is 103 Å². The topological polar surface area (TPSA) is 29.5 Å². The third-order valence-corrected chi connectivity index (χ3v) is 3.17. The number of rotatable bonds is 11. The molecule has 0 aromatic rings. The molecular formula is C12H25BrO2. The molecule has 0 saturated heterocycles. The molecule has 3 heteroatoms.